The number of benzene rings is 1. The Bertz CT molecular complexity index is 720. The molecule has 0 aliphatic carbocycles. The van der Waals surface area contributed by atoms with Crippen LogP contribution in [0.25, 0.3) is 10.9 Å². The van der Waals surface area contributed by atoms with Gasteiger partial charge in [0, 0.05) is 0 Å². The maximum atomic E-state index is 12.3. The molecule has 0 unspecified atom stereocenters. The Hall–Kier alpha value is -1.72. The Morgan fingerprint density at radius 3 is 2.19 bits per heavy atom. The average Bonchev–Trinajstić information content (AvgIpc) is 2.68. The average molecular weight is 373 g/mol. The molecule has 2 aromatic rings. The highest BCUT2D eigenvalue weighted by Crippen LogP contribution is 2.08. The molecule has 0 bridgehead atoms. The number of fused-ring (bicyclic) bond motifs is 1. The third-order valence-electron chi connectivity index (χ3n) is 5.09. The third kappa shape index (κ3) is 7.07. The second-order valence-electron chi connectivity index (χ2n) is 7.30. The van der Waals surface area contributed by atoms with Gasteiger partial charge in [0.05, 0.1) is 17.4 Å². The van der Waals surface area contributed by atoms with Crippen molar-refractivity contribution in [3.05, 3.63) is 40.4 Å². The van der Waals surface area contributed by atoms with Gasteiger partial charge in [-0.25, -0.2) is 4.98 Å². The minimum Gasteiger partial charge on any atom is -0.309 e. The van der Waals surface area contributed by atoms with E-state index in [1.807, 2.05) is 24.3 Å². The molecule has 5 heteroatoms. The van der Waals surface area contributed by atoms with Crippen LogP contribution >= 0.6 is 0 Å². The summed E-state index contributed by atoms with van der Waals surface area (Å²) >= 11 is 0. The molecule has 150 valence electrons. The fourth-order valence-corrected chi connectivity index (χ4v) is 3.39. The van der Waals surface area contributed by atoms with E-state index in [2.05, 4.69) is 40.5 Å². The molecule has 1 aromatic heterocycles. The van der Waals surface area contributed by atoms with Crippen LogP contribution in [-0.4, -0.2) is 52.5 Å². The SMILES string of the molecule is CCCCN(CCCC)CCCN(CC)Cc1nc2ccccc2c(=O)[nH]1. The fraction of sp³-hybridized carbons (Fsp3) is 0.636. The van der Waals surface area contributed by atoms with E-state index in [1.54, 1.807) is 0 Å². The molecule has 0 radical (unpaired) electrons. The zero-order valence-electron chi connectivity index (χ0n) is 17.3. The first kappa shape index (κ1) is 21.6. The number of nitrogens with zero attached hydrogens (tertiary/aromatic N) is 3. The van der Waals surface area contributed by atoms with Crippen LogP contribution < -0.4 is 5.56 Å². The van der Waals surface area contributed by atoms with Crippen molar-refractivity contribution in [3.63, 3.8) is 0 Å². The summed E-state index contributed by atoms with van der Waals surface area (Å²) in [6.45, 7) is 12.9. The Kier molecular flexibility index (Phi) is 9.50. The molecule has 0 amide bonds. The smallest absolute Gasteiger partial charge is 0.258 e. The van der Waals surface area contributed by atoms with E-state index in [0.717, 1.165) is 37.4 Å². The normalized spacial score (nSPS) is 11.7. The Morgan fingerprint density at radius 2 is 1.52 bits per heavy atom. The van der Waals surface area contributed by atoms with E-state index < -0.39 is 0 Å². The van der Waals surface area contributed by atoms with Crippen molar-refractivity contribution in [1.82, 2.24) is 19.8 Å². The van der Waals surface area contributed by atoms with Gasteiger partial charge in [-0.15, -0.1) is 0 Å². The van der Waals surface area contributed by atoms with Gasteiger partial charge in [-0.3, -0.25) is 9.69 Å². The first-order chi connectivity index (χ1) is 13.2. The Balaban J connectivity index is 1.90. The van der Waals surface area contributed by atoms with E-state index in [4.69, 9.17) is 0 Å². The van der Waals surface area contributed by atoms with Crippen LogP contribution in [0.1, 0.15) is 58.7 Å². The van der Waals surface area contributed by atoms with Crippen LogP contribution in [-0.2, 0) is 6.54 Å². The molecule has 0 atom stereocenters. The monoisotopic (exact) mass is 372 g/mol. The van der Waals surface area contributed by atoms with Gasteiger partial charge in [0.1, 0.15) is 5.82 Å². The predicted octanol–water partition coefficient (Wildman–Crippen LogP) is 4.04. The molecule has 2 rings (SSSR count). The summed E-state index contributed by atoms with van der Waals surface area (Å²) in [7, 11) is 0. The predicted molar refractivity (Wildman–Crippen MR) is 114 cm³/mol. The lowest BCUT2D eigenvalue weighted by molar-refractivity contribution is 0.221. The summed E-state index contributed by atoms with van der Waals surface area (Å²) in [5, 5.41) is 0.659. The number of hydrogen-bond donors (Lipinski definition) is 1. The van der Waals surface area contributed by atoms with Crippen molar-refractivity contribution in [2.45, 2.75) is 59.4 Å². The second-order valence-corrected chi connectivity index (χ2v) is 7.30. The fourth-order valence-electron chi connectivity index (χ4n) is 3.39. The lowest BCUT2D eigenvalue weighted by atomic mass is 10.2. The molecule has 0 saturated heterocycles. The Morgan fingerprint density at radius 1 is 0.889 bits per heavy atom. The van der Waals surface area contributed by atoms with Gasteiger partial charge >= 0.3 is 0 Å². The summed E-state index contributed by atoms with van der Waals surface area (Å²) in [6.07, 6.45) is 6.22. The van der Waals surface area contributed by atoms with Gasteiger partial charge in [-0.05, 0) is 64.1 Å². The van der Waals surface area contributed by atoms with Gasteiger partial charge in [-0.2, -0.15) is 0 Å². The van der Waals surface area contributed by atoms with Crippen molar-refractivity contribution in [1.29, 1.82) is 0 Å². The van der Waals surface area contributed by atoms with Crippen molar-refractivity contribution in [2.75, 3.05) is 32.7 Å². The second kappa shape index (κ2) is 11.9. The minimum absolute atomic E-state index is 0.0445. The summed E-state index contributed by atoms with van der Waals surface area (Å²) in [4.78, 5) is 24.8. The van der Waals surface area contributed by atoms with Crippen LogP contribution in [0, 0.1) is 0 Å². The first-order valence-electron chi connectivity index (χ1n) is 10.6. The van der Waals surface area contributed by atoms with Crippen LogP contribution in [0.4, 0.5) is 0 Å². The van der Waals surface area contributed by atoms with Crippen LogP contribution in [0.2, 0.25) is 0 Å². The number of rotatable bonds is 13. The topological polar surface area (TPSA) is 52.2 Å². The molecule has 27 heavy (non-hydrogen) atoms. The van der Waals surface area contributed by atoms with E-state index >= 15 is 0 Å². The standard InChI is InChI=1S/C22H36N4O/c1-4-7-14-26(15-8-5-2)17-11-16-25(6-3)18-21-23-20-13-10-9-12-19(20)22(27)24-21/h9-10,12-13H,4-8,11,14-18H2,1-3H3,(H,23,24,27). The Labute approximate surface area is 163 Å². The van der Waals surface area contributed by atoms with Crippen molar-refractivity contribution in [2.24, 2.45) is 0 Å². The maximum Gasteiger partial charge on any atom is 0.258 e. The molecule has 0 saturated carbocycles. The van der Waals surface area contributed by atoms with E-state index in [9.17, 15) is 4.79 Å². The van der Waals surface area contributed by atoms with Gasteiger partial charge < -0.3 is 9.88 Å². The number of para-hydroxylation sites is 1. The zero-order chi connectivity index (χ0) is 19.5. The number of aromatic nitrogens is 2. The highest BCUT2D eigenvalue weighted by atomic mass is 16.1. The summed E-state index contributed by atoms with van der Waals surface area (Å²) in [5.74, 6) is 0.759. The lowest BCUT2D eigenvalue weighted by Crippen LogP contribution is -2.32. The molecule has 0 aliphatic rings. The molecule has 5 nitrogen and oxygen atoms in total. The zero-order valence-corrected chi connectivity index (χ0v) is 17.3. The minimum atomic E-state index is -0.0445. The molecular formula is C22H36N4O. The van der Waals surface area contributed by atoms with E-state index in [-0.39, 0.29) is 5.56 Å². The number of H-pyrrole nitrogens is 1. The maximum absolute atomic E-state index is 12.3. The van der Waals surface area contributed by atoms with Crippen molar-refractivity contribution in [3.8, 4) is 0 Å². The lowest BCUT2D eigenvalue weighted by Gasteiger charge is -2.25. The van der Waals surface area contributed by atoms with Crippen molar-refractivity contribution < 1.29 is 0 Å². The molecule has 1 aromatic carbocycles. The van der Waals surface area contributed by atoms with E-state index in [0.29, 0.717) is 11.9 Å². The third-order valence-corrected chi connectivity index (χ3v) is 5.09. The first-order valence-corrected chi connectivity index (χ1v) is 10.6. The highest BCUT2D eigenvalue weighted by Gasteiger charge is 2.10. The van der Waals surface area contributed by atoms with Crippen molar-refractivity contribution >= 4 is 10.9 Å². The van der Waals surface area contributed by atoms with E-state index in [1.165, 1.54) is 38.8 Å². The summed E-state index contributed by atoms with van der Waals surface area (Å²) in [6, 6.07) is 7.53. The summed E-state index contributed by atoms with van der Waals surface area (Å²) < 4.78 is 0. The van der Waals surface area contributed by atoms with Gasteiger partial charge in [0.15, 0.2) is 0 Å². The highest BCUT2D eigenvalue weighted by molar-refractivity contribution is 5.77. The number of unbranched alkanes of at least 4 members (excludes halogenated alkanes) is 2. The molecule has 0 aliphatic heterocycles. The number of hydrogen-bond acceptors (Lipinski definition) is 4. The van der Waals surface area contributed by atoms with Gasteiger partial charge in [-0.1, -0.05) is 45.7 Å². The molecule has 0 fully saturated rings. The van der Waals surface area contributed by atoms with Crippen LogP contribution in [0.5, 0.6) is 0 Å². The van der Waals surface area contributed by atoms with Crippen LogP contribution in [0.15, 0.2) is 29.1 Å². The molecular weight excluding hydrogens is 336 g/mol. The largest absolute Gasteiger partial charge is 0.309 e. The molecule has 1 N–H and O–H groups in total. The summed E-state index contributed by atoms with van der Waals surface area (Å²) in [5.41, 5.74) is 0.731. The quantitative estimate of drug-likeness (QED) is 0.577. The van der Waals surface area contributed by atoms with Crippen LogP contribution in [0.3, 0.4) is 0 Å². The molecule has 0 spiro atoms. The number of nitrogens with one attached hydrogen (secondary N) is 1. The number of aromatic amines is 1. The van der Waals surface area contributed by atoms with Gasteiger partial charge in [0.2, 0.25) is 0 Å². The molecule has 1 heterocycles. The van der Waals surface area contributed by atoms with Gasteiger partial charge in [0.25, 0.3) is 5.56 Å².